The number of carboxylic acid groups (broad SMARTS) is 4. The smallest absolute Gasteiger partial charge is 0.550 e. The van der Waals surface area contributed by atoms with E-state index < -0.39 is 43.0 Å². The number of carbonyl (C=O) groups excluding carboxylic acids is 4. The van der Waals surface area contributed by atoms with Gasteiger partial charge >= 0.3 is 118 Å². The topological polar surface area (TPSA) is 199 Å². The first-order chi connectivity index (χ1) is 8.66. The molecule has 0 aliphatic heterocycles. The number of hydrogen-bond acceptors (Lipinski definition) is 10. The van der Waals surface area contributed by atoms with Crippen molar-refractivity contribution in [1.82, 2.24) is 5.32 Å². The van der Waals surface area contributed by atoms with Gasteiger partial charge in [0.1, 0.15) is 0 Å². The molecule has 0 saturated carbocycles. The van der Waals surface area contributed by atoms with Crippen molar-refractivity contribution in [3.8, 4) is 0 Å². The molecule has 0 aliphatic rings. The quantitative estimate of drug-likeness (QED) is 0.388. The first kappa shape index (κ1) is 39.7. The Labute approximate surface area is 221 Å². The van der Waals surface area contributed by atoms with Crippen molar-refractivity contribution in [2.24, 2.45) is 5.73 Å². The molecule has 0 aliphatic carbocycles. The van der Waals surface area contributed by atoms with Crippen LogP contribution in [0.25, 0.3) is 0 Å². The van der Waals surface area contributed by atoms with Crippen molar-refractivity contribution in [3.63, 3.8) is 0 Å². The van der Waals surface area contributed by atoms with Crippen LogP contribution in [0.4, 0.5) is 0 Å². The molecule has 10 nitrogen and oxygen atoms in total. The largest absolute Gasteiger partial charge is 1.00 e. The van der Waals surface area contributed by atoms with E-state index in [9.17, 15) is 39.6 Å². The molecule has 0 aromatic rings. The number of carboxylic acids is 4. The van der Waals surface area contributed by atoms with Gasteiger partial charge < -0.3 is 50.7 Å². The number of nitrogens with one attached hydrogen (secondary N) is 1. The van der Waals surface area contributed by atoms with E-state index in [0.29, 0.717) is 0 Å². The van der Waals surface area contributed by atoms with Gasteiger partial charge in [0.05, 0.1) is 17.9 Å². The van der Waals surface area contributed by atoms with Gasteiger partial charge in [0, 0.05) is 25.1 Å². The Balaban J connectivity index is -0.0000000537. The van der Waals surface area contributed by atoms with Crippen molar-refractivity contribution in [3.05, 3.63) is 0 Å². The van der Waals surface area contributed by atoms with Crippen molar-refractivity contribution in [2.75, 3.05) is 13.1 Å². The Morgan fingerprint density at radius 1 is 0.783 bits per heavy atom. The molecular formula is C9H12N2Na4O8. The van der Waals surface area contributed by atoms with Gasteiger partial charge in [-0.1, -0.05) is 0 Å². The molecule has 110 valence electrons. The number of rotatable bonds is 8. The summed E-state index contributed by atoms with van der Waals surface area (Å²) in [6, 6.07) is -1.21. The Kier molecular flexibility index (Phi) is 45.0. The fraction of sp³-hybridized carbons (Fsp3) is 0.556. The Morgan fingerprint density at radius 3 is 1.35 bits per heavy atom. The minimum Gasteiger partial charge on any atom is -0.550 e. The van der Waals surface area contributed by atoms with E-state index in [1.54, 1.807) is 0 Å². The molecule has 0 aromatic heterocycles. The molecule has 0 amide bonds. The van der Waals surface area contributed by atoms with E-state index >= 15 is 0 Å². The number of carbonyl (C=O) groups is 4. The van der Waals surface area contributed by atoms with Gasteiger partial charge in [-0.2, -0.15) is 0 Å². The number of aliphatic carboxylic acids is 4. The summed E-state index contributed by atoms with van der Waals surface area (Å²) in [7, 11) is 0. The first-order valence-corrected chi connectivity index (χ1v) is 4.93. The SMILES string of the molecule is N[C@@H](CCC(=O)[O-])C(=O)[O-].O=C([O-])CNCC(=O)[O-].[Na+].[Na+].[Na+].[Na+]. The van der Waals surface area contributed by atoms with Crippen molar-refractivity contribution in [1.29, 1.82) is 0 Å². The van der Waals surface area contributed by atoms with Crippen LogP contribution < -0.4 is 150 Å². The number of nitrogens with two attached hydrogens (primary N) is 1. The fourth-order valence-corrected chi connectivity index (χ4v) is 0.658. The van der Waals surface area contributed by atoms with Gasteiger partial charge in [-0.15, -0.1) is 0 Å². The zero-order valence-electron chi connectivity index (χ0n) is 13.7. The Morgan fingerprint density at radius 2 is 1.13 bits per heavy atom. The summed E-state index contributed by atoms with van der Waals surface area (Å²) < 4.78 is 0. The van der Waals surface area contributed by atoms with Crippen molar-refractivity contribution in [2.45, 2.75) is 18.9 Å². The second-order valence-corrected chi connectivity index (χ2v) is 3.18. The number of hydrogen-bond donors (Lipinski definition) is 2. The second-order valence-electron chi connectivity index (χ2n) is 3.18. The minimum absolute atomic E-state index is 0. The van der Waals surface area contributed by atoms with Crippen LogP contribution in [0.1, 0.15) is 12.8 Å². The van der Waals surface area contributed by atoms with Crippen LogP contribution in [0.2, 0.25) is 0 Å². The van der Waals surface area contributed by atoms with Gasteiger partial charge in [0.15, 0.2) is 0 Å². The molecule has 0 unspecified atom stereocenters. The summed E-state index contributed by atoms with van der Waals surface area (Å²) in [5.41, 5.74) is 4.91. The summed E-state index contributed by atoms with van der Waals surface area (Å²) in [6.07, 6.45) is -0.500. The Bertz CT molecular complexity index is 332. The van der Waals surface area contributed by atoms with Crippen LogP contribution in [0.5, 0.6) is 0 Å². The van der Waals surface area contributed by atoms with E-state index in [1.165, 1.54) is 0 Å². The molecule has 0 radical (unpaired) electrons. The van der Waals surface area contributed by atoms with Crippen molar-refractivity contribution < 1.29 is 158 Å². The van der Waals surface area contributed by atoms with Crippen LogP contribution in [0.15, 0.2) is 0 Å². The summed E-state index contributed by atoms with van der Waals surface area (Å²) in [6.45, 7) is -0.929. The minimum atomic E-state index is -1.44. The van der Waals surface area contributed by atoms with Gasteiger partial charge in [-0.25, -0.2) is 0 Å². The van der Waals surface area contributed by atoms with E-state index in [4.69, 9.17) is 5.73 Å². The molecule has 0 bridgehead atoms. The van der Waals surface area contributed by atoms with Crippen LogP contribution >= 0.6 is 0 Å². The zero-order chi connectivity index (χ0) is 15.4. The van der Waals surface area contributed by atoms with Crippen LogP contribution in [0, 0.1) is 0 Å². The normalized spacial score (nSPS) is 8.91. The average Bonchev–Trinajstić information content (AvgIpc) is 2.25. The third-order valence-corrected chi connectivity index (χ3v) is 1.50. The fourth-order valence-electron chi connectivity index (χ4n) is 0.658. The molecule has 3 N–H and O–H groups in total. The summed E-state index contributed by atoms with van der Waals surface area (Å²) in [5, 5.41) is 40.9. The second kappa shape index (κ2) is 26.0. The van der Waals surface area contributed by atoms with E-state index in [0.717, 1.165) is 0 Å². The maximum absolute atomic E-state index is 9.86. The van der Waals surface area contributed by atoms with E-state index in [2.05, 4.69) is 5.32 Å². The maximum Gasteiger partial charge on any atom is 1.00 e. The molecule has 0 aromatic carbocycles. The van der Waals surface area contributed by atoms with Gasteiger partial charge in [-0.05, 0) is 12.8 Å². The molecule has 0 saturated heterocycles. The third-order valence-electron chi connectivity index (χ3n) is 1.50. The molecule has 0 heterocycles. The Hall–Kier alpha value is 1.80. The molecule has 14 heteroatoms. The van der Waals surface area contributed by atoms with E-state index in [-0.39, 0.29) is 131 Å². The predicted octanol–water partition coefficient (Wildman–Crippen LogP) is -19.3. The molecular weight excluding hydrogens is 356 g/mol. The van der Waals surface area contributed by atoms with Gasteiger partial charge in [0.2, 0.25) is 0 Å². The zero-order valence-corrected chi connectivity index (χ0v) is 21.7. The first-order valence-electron chi connectivity index (χ1n) is 4.93. The predicted molar refractivity (Wildman–Crippen MR) is 50.1 cm³/mol. The third kappa shape index (κ3) is 40.1. The molecule has 0 fully saturated rings. The molecule has 23 heavy (non-hydrogen) atoms. The summed E-state index contributed by atoms with van der Waals surface area (Å²) >= 11 is 0. The van der Waals surface area contributed by atoms with Crippen molar-refractivity contribution >= 4 is 23.9 Å². The molecule has 0 spiro atoms. The maximum atomic E-state index is 9.86. The average molecular weight is 368 g/mol. The van der Waals surface area contributed by atoms with Crippen LogP contribution in [-0.4, -0.2) is 43.0 Å². The van der Waals surface area contributed by atoms with E-state index in [1.807, 2.05) is 0 Å². The van der Waals surface area contributed by atoms with Gasteiger partial charge in [-0.3, -0.25) is 0 Å². The molecule has 1 atom stereocenters. The molecule has 0 rings (SSSR count). The van der Waals surface area contributed by atoms with Crippen LogP contribution in [-0.2, 0) is 19.2 Å². The summed E-state index contributed by atoms with van der Waals surface area (Å²) in [4.78, 5) is 38.8. The van der Waals surface area contributed by atoms with Crippen LogP contribution in [0.3, 0.4) is 0 Å². The standard InChI is InChI=1S/C5H9NO4.C4H7NO4.4Na/c6-3(5(9)10)1-2-4(7)8;6-3(7)1-5-2-4(8)9;;;;/h3H,1-2,6H2,(H,7,8)(H,9,10);5H,1-2H2,(H,6,7)(H,8,9);;;;/q;;4*+1/p-4/t3-;;;;;/m0...../s1. The monoisotopic (exact) mass is 368 g/mol. The summed E-state index contributed by atoms with van der Waals surface area (Å²) in [5.74, 6) is -5.43. The van der Waals surface area contributed by atoms with Gasteiger partial charge in [0.25, 0.3) is 0 Å².